The first-order chi connectivity index (χ1) is 16.6. The largest absolute Gasteiger partial charge is 0.371 e. The molecule has 1 aromatic heterocycles. The van der Waals surface area contributed by atoms with Gasteiger partial charge in [-0.3, -0.25) is 0 Å². The van der Waals surface area contributed by atoms with E-state index in [1.54, 1.807) is 41.5 Å². The number of aliphatic hydroxyl groups is 1. The predicted molar refractivity (Wildman–Crippen MR) is 138 cm³/mol. The van der Waals surface area contributed by atoms with Crippen molar-refractivity contribution in [2.75, 3.05) is 15.9 Å². The third kappa shape index (κ3) is 4.10. The molecule has 0 radical (unpaired) electrons. The van der Waals surface area contributed by atoms with Crippen molar-refractivity contribution < 1.29 is 13.5 Å². The van der Waals surface area contributed by atoms with Crippen LogP contribution in [0.3, 0.4) is 0 Å². The lowest BCUT2D eigenvalue weighted by atomic mass is 9.87. The summed E-state index contributed by atoms with van der Waals surface area (Å²) in [6.07, 6.45) is 1.10. The summed E-state index contributed by atoms with van der Waals surface area (Å²) in [7, 11) is -3.83. The van der Waals surface area contributed by atoms with Crippen LogP contribution in [0, 0.1) is 12.8 Å². The fraction of sp³-hybridized carbons (Fsp3) is 0.333. The molecule has 2 atom stereocenters. The van der Waals surface area contributed by atoms with Crippen molar-refractivity contribution >= 4 is 27.2 Å². The maximum Gasteiger partial charge on any atom is 0.265 e. The Kier molecular flexibility index (Phi) is 5.68. The van der Waals surface area contributed by atoms with E-state index < -0.39 is 16.3 Å². The maximum atomic E-state index is 13.6. The second-order valence-corrected chi connectivity index (χ2v) is 12.1. The van der Waals surface area contributed by atoms with Crippen LogP contribution < -0.4 is 9.31 Å². The smallest absolute Gasteiger partial charge is 0.265 e. The lowest BCUT2D eigenvalue weighted by Crippen LogP contribution is -2.36. The van der Waals surface area contributed by atoms with Crippen LogP contribution in [-0.2, 0) is 15.4 Å². The average Bonchev–Trinajstić information content (AvgIpc) is 3.05. The van der Waals surface area contributed by atoms with Crippen LogP contribution in [-0.4, -0.2) is 37.0 Å². The number of fused-ring (bicyclic) bond motifs is 3. The molecule has 0 fully saturated rings. The molecule has 0 saturated carbocycles. The van der Waals surface area contributed by atoms with Crippen molar-refractivity contribution in [2.45, 2.75) is 50.7 Å². The molecule has 0 amide bonds. The summed E-state index contributed by atoms with van der Waals surface area (Å²) >= 11 is 0. The first kappa shape index (κ1) is 23.5. The molecule has 0 bridgehead atoms. The summed E-state index contributed by atoms with van der Waals surface area (Å²) in [5.41, 5.74) is 4.18. The molecule has 2 aromatic carbocycles. The summed E-state index contributed by atoms with van der Waals surface area (Å²) in [6, 6.07) is 18.5. The van der Waals surface area contributed by atoms with Gasteiger partial charge in [-0.25, -0.2) is 22.7 Å². The van der Waals surface area contributed by atoms with Crippen molar-refractivity contribution in [3.63, 3.8) is 0 Å². The van der Waals surface area contributed by atoms with E-state index in [1.165, 1.54) is 4.31 Å². The minimum absolute atomic E-state index is 0.0422. The highest BCUT2D eigenvalue weighted by Gasteiger charge is 2.43. The van der Waals surface area contributed by atoms with Gasteiger partial charge in [-0.15, -0.1) is 0 Å². The van der Waals surface area contributed by atoms with E-state index in [0.29, 0.717) is 23.5 Å². The number of sulfonamides is 1. The normalized spacial score (nSPS) is 20.2. The Balaban J connectivity index is 1.58. The molecule has 2 unspecified atom stereocenters. The quantitative estimate of drug-likeness (QED) is 0.586. The van der Waals surface area contributed by atoms with E-state index in [2.05, 4.69) is 37.9 Å². The molecule has 0 spiro atoms. The minimum atomic E-state index is -3.83. The zero-order valence-corrected chi connectivity index (χ0v) is 21.2. The van der Waals surface area contributed by atoms with Crippen LogP contribution in [0.2, 0.25) is 0 Å². The van der Waals surface area contributed by atoms with Gasteiger partial charge in [-0.1, -0.05) is 50.6 Å². The van der Waals surface area contributed by atoms with Gasteiger partial charge in [0, 0.05) is 18.3 Å². The standard InChI is InChI=1S/C27H30N4O3S/c1-18-10-12-21(13-11-18)35(33,34)30-16-14-23-24(22-9-6-15-28-25(22)30)29-31(26(23)32)20-8-5-7-19(17-20)27(2,3)4/h5-13,15,17,23,26,32H,14,16H2,1-4H3. The Bertz CT molecular complexity index is 1390. The molecule has 182 valence electrons. The molecule has 8 heteroatoms. The monoisotopic (exact) mass is 490 g/mol. The topological polar surface area (TPSA) is 86.1 Å². The number of hydrazone groups is 1. The van der Waals surface area contributed by atoms with Crippen LogP contribution in [0.15, 0.2) is 76.9 Å². The Labute approximate surface area is 206 Å². The number of anilines is 2. The Hall–Kier alpha value is -3.23. The molecule has 1 N–H and O–H groups in total. The number of aromatic nitrogens is 1. The summed E-state index contributed by atoms with van der Waals surface area (Å²) in [5.74, 6) is -0.0127. The summed E-state index contributed by atoms with van der Waals surface area (Å²) in [6.45, 7) is 8.55. The number of pyridine rings is 1. The lowest BCUT2D eigenvalue weighted by molar-refractivity contribution is 0.142. The molecule has 0 aliphatic carbocycles. The van der Waals surface area contributed by atoms with E-state index in [9.17, 15) is 13.5 Å². The number of nitrogens with zero attached hydrogens (tertiary/aromatic N) is 4. The van der Waals surface area contributed by atoms with Crippen LogP contribution in [0.4, 0.5) is 11.5 Å². The lowest BCUT2D eigenvalue weighted by Gasteiger charge is -2.27. The van der Waals surface area contributed by atoms with E-state index in [0.717, 1.165) is 16.8 Å². The van der Waals surface area contributed by atoms with Crippen LogP contribution in [0.1, 0.15) is 43.9 Å². The molecule has 2 aliphatic heterocycles. The Morgan fingerprint density at radius 3 is 2.49 bits per heavy atom. The molecular weight excluding hydrogens is 460 g/mol. The molecule has 7 nitrogen and oxygen atoms in total. The predicted octanol–water partition coefficient (Wildman–Crippen LogP) is 4.45. The maximum absolute atomic E-state index is 13.6. The highest BCUT2D eigenvalue weighted by molar-refractivity contribution is 7.92. The van der Waals surface area contributed by atoms with Gasteiger partial charge < -0.3 is 5.11 Å². The molecule has 3 aromatic rings. The highest BCUT2D eigenvalue weighted by Crippen LogP contribution is 2.39. The van der Waals surface area contributed by atoms with Gasteiger partial charge in [0.2, 0.25) is 0 Å². The number of hydrogen-bond acceptors (Lipinski definition) is 6. The Morgan fingerprint density at radius 1 is 1.03 bits per heavy atom. The second-order valence-electron chi connectivity index (χ2n) is 10.2. The summed E-state index contributed by atoms with van der Waals surface area (Å²) in [4.78, 5) is 4.68. The minimum Gasteiger partial charge on any atom is -0.371 e. The van der Waals surface area contributed by atoms with E-state index in [-0.39, 0.29) is 22.8 Å². The van der Waals surface area contributed by atoms with Crippen molar-refractivity contribution in [3.8, 4) is 0 Å². The zero-order valence-electron chi connectivity index (χ0n) is 20.4. The van der Waals surface area contributed by atoms with E-state index in [4.69, 9.17) is 5.10 Å². The van der Waals surface area contributed by atoms with Gasteiger partial charge >= 0.3 is 0 Å². The number of rotatable bonds is 3. The summed E-state index contributed by atoms with van der Waals surface area (Å²) in [5, 5.41) is 17.8. The Morgan fingerprint density at radius 2 is 1.77 bits per heavy atom. The van der Waals surface area contributed by atoms with Crippen molar-refractivity contribution in [1.29, 1.82) is 0 Å². The van der Waals surface area contributed by atoms with Crippen LogP contribution in [0.25, 0.3) is 0 Å². The fourth-order valence-corrected chi connectivity index (χ4v) is 6.11. The number of aliphatic hydroxyl groups excluding tert-OH is 1. The van der Waals surface area contributed by atoms with E-state index >= 15 is 0 Å². The number of benzene rings is 2. The van der Waals surface area contributed by atoms with Crippen LogP contribution >= 0.6 is 0 Å². The molecule has 35 heavy (non-hydrogen) atoms. The second kappa shape index (κ2) is 8.46. The third-order valence-corrected chi connectivity index (χ3v) is 8.51. The van der Waals surface area contributed by atoms with Gasteiger partial charge in [0.05, 0.1) is 22.2 Å². The fourth-order valence-electron chi connectivity index (χ4n) is 4.66. The SMILES string of the molecule is Cc1ccc(S(=O)(=O)N2CCC3C(=NN(c4cccc(C(C)(C)C)c4)C3O)c3cccnc32)cc1. The van der Waals surface area contributed by atoms with Crippen molar-refractivity contribution in [1.82, 2.24) is 4.98 Å². The number of hydrogen-bond donors (Lipinski definition) is 1. The highest BCUT2D eigenvalue weighted by atomic mass is 32.2. The van der Waals surface area contributed by atoms with Crippen LogP contribution in [0.5, 0.6) is 0 Å². The summed E-state index contributed by atoms with van der Waals surface area (Å²) < 4.78 is 28.6. The first-order valence-corrected chi connectivity index (χ1v) is 13.2. The molecule has 5 rings (SSSR count). The van der Waals surface area contributed by atoms with Crippen molar-refractivity contribution in [2.24, 2.45) is 11.0 Å². The van der Waals surface area contributed by atoms with Gasteiger partial charge in [0.15, 0.2) is 12.0 Å². The average molecular weight is 491 g/mol. The third-order valence-electron chi connectivity index (χ3n) is 6.70. The molecular formula is C27H30N4O3S. The van der Waals surface area contributed by atoms with Gasteiger partial charge in [-0.05, 0) is 60.7 Å². The molecule has 0 saturated heterocycles. The molecule has 3 heterocycles. The number of aryl methyl sites for hydroxylation is 1. The first-order valence-electron chi connectivity index (χ1n) is 11.8. The van der Waals surface area contributed by atoms with Gasteiger partial charge in [-0.2, -0.15) is 5.10 Å². The van der Waals surface area contributed by atoms with E-state index in [1.807, 2.05) is 25.1 Å². The van der Waals surface area contributed by atoms with Gasteiger partial charge in [0.25, 0.3) is 10.0 Å². The van der Waals surface area contributed by atoms with Gasteiger partial charge in [0.1, 0.15) is 0 Å². The molecule has 2 aliphatic rings. The van der Waals surface area contributed by atoms with Crippen molar-refractivity contribution in [3.05, 3.63) is 83.6 Å². The zero-order chi connectivity index (χ0) is 25.0.